The lowest BCUT2D eigenvalue weighted by atomic mass is 10.1. The molecule has 0 saturated carbocycles. The first-order chi connectivity index (χ1) is 7.11. The standard InChI is InChI=1S/C11H16F2N2/c1-4-9-8(3)6-7-14-10(9)15(5-2)11(12)13/h6-7,11H,4-5H2,1-3H3. The number of hydrogen-bond acceptors (Lipinski definition) is 2. The van der Waals surface area contributed by atoms with Crippen molar-refractivity contribution in [2.75, 3.05) is 11.4 Å². The summed E-state index contributed by atoms with van der Waals surface area (Å²) in [7, 11) is 0. The highest BCUT2D eigenvalue weighted by Gasteiger charge is 2.19. The number of pyridine rings is 1. The summed E-state index contributed by atoms with van der Waals surface area (Å²) in [6.45, 7) is 3.35. The summed E-state index contributed by atoms with van der Waals surface area (Å²) in [5.41, 5.74) is 1.92. The topological polar surface area (TPSA) is 16.1 Å². The molecule has 0 radical (unpaired) electrons. The number of hydrogen-bond donors (Lipinski definition) is 0. The van der Waals surface area contributed by atoms with Crippen LogP contribution >= 0.6 is 0 Å². The number of aryl methyl sites for hydroxylation is 1. The smallest absolute Gasteiger partial charge is 0.300 e. The summed E-state index contributed by atoms with van der Waals surface area (Å²) >= 11 is 0. The Kier molecular flexibility index (Phi) is 4.00. The fraction of sp³-hybridized carbons (Fsp3) is 0.545. The van der Waals surface area contributed by atoms with Gasteiger partial charge in [-0.2, -0.15) is 8.78 Å². The molecule has 15 heavy (non-hydrogen) atoms. The van der Waals surface area contributed by atoms with Gasteiger partial charge in [0.05, 0.1) is 0 Å². The Balaban J connectivity index is 3.16. The third-order valence-corrected chi connectivity index (χ3v) is 2.47. The van der Waals surface area contributed by atoms with E-state index in [-0.39, 0.29) is 6.54 Å². The van der Waals surface area contributed by atoms with Crippen molar-refractivity contribution in [3.63, 3.8) is 0 Å². The lowest BCUT2D eigenvalue weighted by Gasteiger charge is -2.23. The van der Waals surface area contributed by atoms with Crippen molar-refractivity contribution in [2.45, 2.75) is 33.7 Å². The van der Waals surface area contributed by atoms with Gasteiger partial charge in [0.1, 0.15) is 5.82 Å². The summed E-state index contributed by atoms with van der Waals surface area (Å²) < 4.78 is 25.4. The fourth-order valence-electron chi connectivity index (χ4n) is 1.64. The molecule has 1 aromatic rings. The normalized spacial score (nSPS) is 10.8. The summed E-state index contributed by atoms with van der Waals surface area (Å²) in [6, 6.07) is 1.85. The molecule has 84 valence electrons. The number of nitrogens with zero attached hydrogens (tertiary/aromatic N) is 2. The second kappa shape index (κ2) is 5.05. The number of rotatable bonds is 4. The van der Waals surface area contributed by atoms with Crippen LogP contribution in [0.1, 0.15) is 25.0 Å². The molecule has 0 bridgehead atoms. The quantitative estimate of drug-likeness (QED) is 0.716. The Labute approximate surface area is 88.9 Å². The molecule has 1 aromatic heterocycles. The van der Waals surface area contributed by atoms with Crippen LogP contribution in [0.5, 0.6) is 0 Å². The number of aromatic nitrogens is 1. The van der Waals surface area contributed by atoms with Crippen LogP contribution in [0.15, 0.2) is 12.3 Å². The van der Waals surface area contributed by atoms with E-state index >= 15 is 0 Å². The molecule has 0 saturated heterocycles. The summed E-state index contributed by atoms with van der Waals surface area (Å²) in [6.07, 6.45) is 2.30. The van der Waals surface area contributed by atoms with Crippen LogP contribution in [0, 0.1) is 6.92 Å². The Morgan fingerprint density at radius 2 is 2.07 bits per heavy atom. The van der Waals surface area contributed by atoms with Crippen LogP contribution in [-0.4, -0.2) is 18.1 Å². The van der Waals surface area contributed by atoms with E-state index in [0.717, 1.165) is 22.4 Å². The van der Waals surface area contributed by atoms with Gasteiger partial charge in [-0.3, -0.25) is 0 Å². The number of halogens is 2. The first-order valence-electron chi connectivity index (χ1n) is 5.11. The zero-order valence-corrected chi connectivity index (χ0v) is 9.30. The van der Waals surface area contributed by atoms with E-state index in [0.29, 0.717) is 5.82 Å². The molecule has 0 aromatic carbocycles. The van der Waals surface area contributed by atoms with Crippen molar-refractivity contribution >= 4 is 5.82 Å². The summed E-state index contributed by atoms with van der Waals surface area (Å²) in [5, 5.41) is 0. The second-order valence-electron chi connectivity index (χ2n) is 3.35. The average Bonchev–Trinajstić information content (AvgIpc) is 2.18. The first kappa shape index (κ1) is 11.9. The van der Waals surface area contributed by atoms with Crippen molar-refractivity contribution in [2.24, 2.45) is 0 Å². The Morgan fingerprint density at radius 3 is 2.53 bits per heavy atom. The molecule has 0 N–H and O–H groups in total. The molecule has 0 amide bonds. The minimum atomic E-state index is -2.49. The van der Waals surface area contributed by atoms with Crippen LogP contribution in [0.25, 0.3) is 0 Å². The van der Waals surface area contributed by atoms with E-state index in [9.17, 15) is 8.78 Å². The van der Waals surface area contributed by atoms with Crippen molar-refractivity contribution < 1.29 is 8.78 Å². The average molecular weight is 214 g/mol. The fourth-order valence-corrected chi connectivity index (χ4v) is 1.64. The van der Waals surface area contributed by atoms with Crippen molar-refractivity contribution in [3.05, 3.63) is 23.4 Å². The van der Waals surface area contributed by atoms with E-state index in [1.54, 1.807) is 13.1 Å². The van der Waals surface area contributed by atoms with Crippen LogP contribution in [-0.2, 0) is 6.42 Å². The van der Waals surface area contributed by atoms with Gasteiger partial charge in [-0.15, -0.1) is 0 Å². The maximum Gasteiger partial charge on any atom is 0.316 e. The minimum Gasteiger partial charge on any atom is -0.300 e. The van der Waals surface area contributed by atoms with Gasteiger partial charge in [0, 0.05) is 12.7 Å². The maximum absolute atomic E-state index is 12.7. The Hall–Kier alpha value is -1.19. The zero-order chi connectivity index (χ0) is 11.4. The summed E-state index contributed by atoms with van der Waals surface area (Å²) in [4.78, 5) is 5.07. The van der Waals surface area contributed by atoms with Crippen LogP contribution in [0.3, 0.4) is 0 Å². The molecule has 0 aliphatic carbocycles. The SMILES string of the molecule is CCc1c(C)ccnc1N(CC)C(F)F. The monoisotopic (exact) mass is 214 g/mol. The second-order valence-corrected chi connectivity index (χ2v) is 3.35. The van der Waals surface area contributed by atoms with Crippen molar-refractivity contribution in [3.8, 4) is 0 Å². The van der Waals surface area contributed by atoms with E-state index in [2.05, 4.69) is 4.98 Å². The third-order valence-electron chi connectivity index (χ3n) is 2.47. The molecule has 0 unspecified atom stereocenters. The van der Waals surface area contributed by atoms with E-state index in [1.165, 1.54) is 0 Å². The van der Waals surface area contributed by atoms with Gasteiger partial charge in [-0.25, -0.2) is 4.98 Å². The van der Waals surface area contributed by atoms with Gasteiger partial charge in [0.15, 0.2) is 0 Å². The highest BCUT2D eigenvalue weighted by Crippen LogP contribution is 2.23. The highest BCUT2D eigenvalue weighted by atomic mass is 19.3. The van der Waals surface area contributed by atoms with Gasteiger partial charge >= 0.3 is 6.55 Å². The predicted octanol–water partition coefficient (Wildman–Crippen LogP) is 3.00. The number of anilines is 1. The lowest BCUT2D eigenvalue weighted by Crippen LogP contribution is -2.30. The summed E-state index contributed by atoms with van der Waals surface area (Å²) in [5.74, 6) is 0.412. The largest absolute Gasteiger partial charge is 0.316 e. The van der Waals surface area contributed by atoms with Gasteiger partial charge in [-0.05, 0) is 37.5 Å². The van der Waals surface area contributed by atoms with Crippen LogP contribution < -0.4 is 4.90 Å². The van der Waals surface area contributed by atoms with Gasteiger partial charge in [0.25, 0.3) is 0 Å². The van der Waals surface area contributed by atoms with E-state index in [1.807, 2.05) is 19.9 Å². The van der Waals surface area contributed by atoms with Crippen LogP contribution in [0.4, 0.5) is 14.6 Å². The predicted molar refractivity (Wildman–Crippen MR) is 57.4 cm³/mol. The van der Waals surface area contributed by atoms with E-state index in [4.69, 9.17) is 0 Å². The molecule has 4 heteroatoms. The zero-order valence-electron chi connectivity index (χ0n) is 9.30. The molecule has 0 aliphatic rings. The Bertz CT molecular complexity index is 326. The molecule has 0 aliphatic heterocycles. The molecular weight excluding hydrogens is 198 g/mol. The van der Waals surface area contributed by atoms with Crippen LogP contribution in [0.2, 0.25) is 0 Å². The van der Waals surface area contributed by atoms with Gasteiger partial charge in [0.2, 0.25) is 0 Å². The molecule has 1 heterocycles. The molecule has 0 fully saturated rings. The van der Waals surface area contributed by atoms with Crippen molar-refractivity contribution in [1.82, 2.24) is 4.98 Å². The minimum absolute atomic E-state index is 0.265. The lowest BCUT2D eigenvalue weighted by molar-refractivity contribution is 0.142. The highest BCUT2D eigenvalue weighted by molar-refractivity contribution is 5.50. The van der Waals surface area contributed by atoms with Crippen molar-refractivity contribution in [1.29, 1.82) is 0 Å². The third kappa shape index (κ3) is 2.43. The number of alkyl halides is 2. The van der Waals surface area contributed by atoms with Gasteiger partial charge in [-0.1, -0.05) is 6.92 Å². The first-order valence-corrected chi connectivity index (χ1v) is 5.11. The molecule has 0 atom stereocenters. The Morgan fingerprint density at radius 1 is 1.40 bits per heavy atom. The molecular formula is C11H16F2N2. The molecule has 1 rings (SSSR count). The maximum atomic E-state index is 12.7. The van der Waals surface area contributed by atoms with Gasteiger partial charge < -0.3 is 4.90 Å². The van der Waals surface area contributed by atoms with E-state index < -0.39 is 6.55 Å². The molecule has 2 nitrogen and oxygen atoms in total. The molecule has 0 spiro atoms.